The van der Waals surface area contributed by atoms with Gasteiger partial charge in [0.15, 0.2) is 0 Å². The van der Waals surface area contributed by atoms with Gasteiger partial charge in [-0.05, 0) is 55.6 Å². The molecular weight excluding hydrogens is 458 g/mol. The van der Waals surface area contributed by atoms with Gasteiger partial charge in [-0.25, -0.2) is 4.39 Å². The maximum absolute atomic E-state index is 13.1. The normalized spacial score (nSPS) is 12.8. The van der Waals surface area contributed by atoms with Crippen LogP contribution in [0.4, 0.5) is 4.39 Å². The molecule has 0 nitrogen and oxygen atoms in total. The van der Waals surface area contributed by atoms with Crippen molar-refractivity contribution < 1.29 is 4.39 Å². The van der Waals surface area contributed by atoms with Crippen molar-refractivity contribution in [1.82, 2.24) is 0 Å². The van der Waals surface area contributed by atoms with Crippen molar-refractivity contribution in [2.45, 2.75) is 4.83 Å². The number of hydrogen-bond donors (Lipinski definition) is 0. The largest absolute Gasteiger partial charge is 0.206 e. The molecule has 2 aromatic rings. The van der Waals surface area contributed by atoms with E-state index in [0.29, 0.717) is 9.50 Å². The predicted molar refractivity (Wildman–Crippen MR) is 81.9 cm³/mol. The van der Waals surface area contributed by atoms with Crippen LogP contribution in [0.5, 0.6) is 0 Å². The molecule has 0 amide bonds. The molecule has 6 heteroatoms. The second-order valence-corrected chi connectivity index (χ2v) is 7.89. The molecule has 1 aromatic carbocycles. The van der Waals surface area contributed by atoms with Gasteiger partial charge in [-0.1, -0.05) is 33.6 Å². The lowest BCUT2D eigenvalue weighted by Gasteiger charge is -2.08. The van der Waals surface area contributed by atoms with Crippen molar-refractivity contribution in [3.8, 4) is 0 Å². The summed E-state index contributed by atoms with van der Waals surface area (Å²) in [5.74, 6) is -0.265. The number of rotatable bonds is 2. The first-order valence-corrected chi connectivity index (χ1v) is 8.22. The summed E-state index contributed by atoms with van der Waals surface area (Å²) in [7, 11) is 0. The minimum atomic E-state index is -0.265. The molecule has 0 radical (unpaired) electrons. The van der Waals surface area contributed by atoms with Crippen LogP contribution in [0.15, 0.2) is 32.5 Å². The van der Waals surface area contributed by atoms with E-state index in [2.05, 4.69) is 47.8 Å². The fourth-order valence-electron chi connectivity index (χ4n) is 1.32. The summed E-state index contributed by atoms with van der Waals surface area (Å²) in [5, 5.41) is 0.690. The first-order valence-electron chi connectivity index (χ1n) is 4.53. The summed E-state index contributed by atoms with van der Waals surface area (Å²) < 4.78 is 14.5. The monoisotopic (exact) mass is 460 g/mol. The van der Waals surface area contributed by atoms with E-state index >= 15 is 0 Å². The molecule has 1 atom stereocenters. The summed E-state index contributed by atoms with van der Waals surface area (Å²) in [4.78, 5) is 1.08. The van der Waals surface area contributed by atoms with E-state index in [1.807, 2.05) is 6.07 Å². The highest BCUT2D eigenvalue weighted by Crippen LogP contribution is 2.41. The van der Waals surface area contributed by atoms with Crippen molar-refractivity contribution in [2.75, 3.05) is 0 Å². The Labute approximate surface area is 133 Å². The van der Waals surface area contributed by atoms with E-state index in [-0.39, 0.29) is 10.6 Å². The van der Waals surface area contributed by atoms with Crippen LogP contribution in [0, 0.1) is 5.82 Å². The molecule has 0 aliphatic heterocycles. The standard InChI is InChI=1S/C11H5Br3ClFS/c12-6-3-5(1-2-8(6)16)10(13)9-4-7(15)11(14)17-9/h1-4,10H. The molecule has 90 valence electrons. The highest BCUT2D eigenvalue weighted by atomic mass is 79.9. The van der Waals surface area contributed by atoms with E-state index in [0.717, 1.165) is 14.2 Å². The van der Waals surface area contributed by atoms with Crippen molar-refractivity contribution in [3.63, 3.8) is 0 Å². The average molecular weight is 463 g/mol. The third-order valence-corrected chi connectivity index (χ3v) is 6.62. The van der Waals surface area contributed by atoms with Crippen LogP contribution in [-0.2, 0) is 0 Å². The number of halogens is 5. The number of benzene rings is 1. The van der Waals surface area contributed by atoms with Crippen LogP contribution in [0.2, 0.25) is 5.02 Å². The number of thiophene rings is 1. The molecule has 0 fully saturated rings. The van der Waals surface area contributed by atoms with Gasteiger partial charge in [-0.2, -0.15) is 0 Å². The molecule has 1 aromatic heterocycles. The Morgan fingerprint density at radius 2 is 1.94 bits per heavy atom. The van der Waals surface area contributed by atoms with Gasteiger partial charge in [0.05, 0.1) is 18.1 Å². The minimum Gasteiger partial charge on any atom is -0.206 e. The van der Waals surface area contributed by atoms with Gasteiger partial charge in [-0.15, -0.1) is 11.3 Å². The lowest BCUT2D eigenvalue weighted by Crippen LogP contribution is -1.90. The molecule has 0 saturated heterocycles. The summed E-state index contributed by atoms with van der Waals surface area (Å²) in [6, 6.07) is 6.85. The number of alkyl halides is 1. The van der Waals surface area contributed by atoms with Gasteiger partial charge >= 0.3 is 0 Å². The van der Waals surface area contributed by atoms with Gasteiger partial charge in [-0.3, -0.25) is 0 Å². The van der Waals surface area contributed by atoms with Gasteiger partial charge in [0.25, 0.3) is 0 Å². The zero-order chi connectivity index (χ0) is 12.6. The SMILES string of the molecule is Fc1ccc(C(Br)c2cc(Cl)c(Br)s2)cc1Br. The van der Waals surface area contributed by atoms with Crippen LogP contribution in [0.3, 0.4) is 0 Å². The fourth-order valence-corrected chi connectivity index (χ4v) is 4.17. The topological polar surface area (TPSA) is 0 Å². The van der Waals surface area contributed by atoms with Gasteiger partial charge in [0, 0.05) is 4.88 Å². The Bertz CT molecular complexity index is 536. The maximum atomic E-state index is 13.1. The molecule has 2 rings (SSSR count). The van der Waals surface area contributed by atoms with Crippen LogP contribution >= 0.6 is 70.7 Å². The number of hydrogen-bond acceptors (Lipinski definition) is 1. The Kier molecular flexibility index (Phi) is 4.69. The van der Waals surface area contributed by atoms with E-state index in [9.17, 15) is 4.39 Å². The van der Waals surface area contributed by atoms with E-state index in [1.165, 1.54) is 6.07 Å². The van der Waals surface area contributed by atoms with E-state index in [1.54, 1.807) is 23.5 Å². The average Bonchev–Trinajstić information content (AvgIpc) is 2.62. The van der Waals surface area contributed by atoms with Crippen LogP contribution < -0.4 is 0 Å². The van der Waals surface area contributed by atoms with Crippen molar-refractivity contribution in [2.24, 2.45) is 0 Å². The van der Waals surface area contributed by atoms with Crippen molar-refractivity contribution >= 4 is 70.7 Å². The highest BCUT2D eigenvalue weighted by molar-refractivity contribution is 9.11. The van der Waals surface area contributed by atoms with Crippen molar-refractivity contribution in [3.05, 3.63) is 53.8 Å². The zero-order valence-corrected chi connectivity index (χ0v) is 14.5. The molecular formula is C11H5Br3ClFS. The molecule has 1 unspecified atom stereocenters. The summed E-state index contributed by atoms with van der Waals surface area (Å²) in [6.45, 7) is 0. The Balaban J connectivity index is 2.36. The third kappa shape index (κ3) is 3.13. The van der Waals surface area contributed by atoms with Gasteiger partial charge in [0.1, 0.15) is 5.82 Å². The molecule has 0 aliphatic rings. The van der Waals surface area contributed by atoms with Crippen LogP contribution in [0.1, 0.15) is 15.3 Å². The van der Waals surface area contributed by atoms with Crippen molar-refractivity contribution in [1.29, 1.82) is 0 Å². The Hall–Kier alpha value is 0.580. The molecule has 0 N–H and O–H groups in total. The maximum Gasteiger partial charge on any atom is 0.137 e. The lowest BCUT2D eigenvalue weighted by atomic mass is 10.1. The zero-order valence-electron chi connectivity index (χ0n) is 8.18. The quantitative estimate of drug-likeness (QED) is 0.443. The molecule has 17 heavy (non-hydrogen) atoms. The highest BCUT2D eigenvalue weighted by Gasteiger charge is 2.16. The second kappa shape index (κ2) is 5.70. The first kappa shape index (κ1) is 14.0. The molecule has 0 aliphatic carbocycles. The molecule has 0 saturated carbocycles. The summed E-state index contributed by atoms with van der Waals surface area (Å²) in [5.41, 5.74) is 0.976. The van der Waals surface area contributed by atoms with Crippen LogP contribution in [0.25, 0.3) is 0 Å². The Morgan fingerprint density at radius 3 is 2.47 bits per heavy atom. The third-order valence-electron chi connectivity index (χ3n) is 2.15. The predicted octanol–water partition coefficient (Wildman–Crippen LogP) is 6.55. The minimum absolute atomic E-state index is 0.00759. The van der Waals surface area contributed by atoms with E-state index in [4.69, 9.17) is 11.6 Å². The van der Waals surface area contributed by atoms with Gasteiger partial charge in [0.2, 0.25) is 0 Å². The van der Waals surface area contributed by atoms with E-state index < -0.39 is 0 Å². The molecule has 1 heterocycles. The molecule has 0 spiro atoms. The summed E-state index contributed by atoms with van der Waals surface area (Å²) in [6.07, 6.45) is 0. The smallest absolute Gasteiger partial charge is 0.137 e. The lowest BCUT2D eigenvalue weighted by molar-refractivity contribution is 0.620. The Morgan fingerprint density at radius 1 is 1.24 bits per heavy atom. The van der Waals surface area contributed by atoms with Gasteiger partial charge < -0.3 is 0 Å². The van der Waals surface area contributed by atoms with Crippen LogP contribution in [-0.4, -0.2) is 0 Å². The second-order valence-electron chi connectivity index (χ2n) is 3.31. The molecule has 0 bridgehead atoms. The summed E-state index contributed by atoms with van der Waals surface area (Å²) >= 11 is 17.7. The fraction of sp³-hybridized carbons (Fsp3) is 0.0909. The first-order chi connectivity index (χ1) is 7.99.